The van der Waals surface area contributed by atoms with Crippen LogP contribution in [0.15, 0.2) is 53.0 Å². The van der Waals surface area contributed by atoms with Gasteiger partial charge >= 0.3 is 5.97 Å². The van der Waals surface area contributed by atoms with Gasteiger partial charge in [-0.15, -0.1) is 6.42 Å². The topological polar surface area (TPSA) is 39.2 Å². The summed E-state index contributed by atoms with van der Waals surface area (Å²) in [5.41, 5.74) is 2.63. The van der Waals surface area contributed by atoms with Gasteiger partial charge in [0.1, 0.15) is 0 Å². The minimum atomic E-state index is -0.478. The molecule has 0 aliphatic heterocycles. The number of ether oxygens (including phenoxy) is 1. The molecule has 118 valence electrons. The van der Waals surface area contributed by atoms with Gasteiger partial charge in [-0.1, -0.05) is 45.6 Å². The van der Waals surface area contributed by atoms with Gasteiger partial charge in [0.05, 0.1) is 16.8 Å². The predicted molar refractivity (Wildman–Crippen MR) is 99.0 cm³/mol. The van der Waals surface area contributed by atoms with Crippen LogP contribution in [0, 0.1) is 12.3 Å². The standard InChI is InChI=1S/C19H11BrClNO2/c1-2-9-24-19(23)16-11-18(12-3-6-14(21)7-4-12)22-17-8-5-13(20)10-15(16)17/h1,3-8,10-11H,9H2. The number of carbonyl (C=O) groups excluding carboxylic acids is 1. The lowest BCUT2D eigenvalue weighted by atomic mass is 10.0. The van der Waals surface area contributed by atoms with Crippen molar-refractivity contribution in [2.24, 2.45) is 0 Å². The molecule has 0 radical (unpaired) electrons. The van der Waals surface area contributed by atoms with Crippen LogP contribution in [-0.4, -0.2) is 17.6 Å². The van der Waals surface area contributed by atoms with E-state index in [0.29, 0.717) is 27.2 Å². The number of carbonyl (C=O) groups is 1. The molecule has 3 rings (SSSR count). The molecule has 0 bridgehead atoms. The third-order valence-electron chi connectivity index (χ3n) is 3.42. The van der Waals surface area contributed by atoms with Crippen LogP contribution in [0.4, 0.5) is 0 Å². The predicted octanol–water partition coefficient (Wildman–Crippen LogP) is 5.11. The summed E-state index contributed by atoms with van der Waals surface area (Å²) in [6, 6.07) is 14.5. The van der Waals surface area contributed by atoms with Crippen molar-refractivity contribution in [1.82, 2.24) is 4.98 Å². The number of hydrogen-bond acceptors (Lipinski definition) is 3. The Bertz CT molecular complexity index is 962. The zero-order chi connectivity index (χ0) is 17.1. The lowest BCUT2D eigenvalue weighted by molar-refractivity contribution is 0.0559. The maximum atomic E-state index is 12.4. The van der Waals surface area contributed by atoms with E-state index in [-0.39, 0.29) is 6.61 Å². The molecular weight excluding hydrogens is 390 g/mol. The summed E-state index contributed by atoms with van der Waals surface area (Å²) in [5, 5.41) is 1.33. The molecule has 2 aromatic carbocycles. The fraction of sp³-hybridized carbons (Fsp3) is 0.0526. The smallest absolute Gasteiger partial charge is 0.339 e. The van der Waals surface area contributed by atoms with E-state index < -0.39 is 5.97 Å². The fourth-order valence-corrected chi connectivity index (χ4v) is 2.81. The van der Waals surface area contributed by atoms with Crippen LogP contribution in [0.3, 0.4) is 0 Å². The monoisotopic (exact) mass is 399 g/mol. The number of aromatic nitrogens is 1. The van der Waals surface area contributed by atoms with E-state index in [2.05, 4.69) is 26.8 Å². The van der Waals surface area contributed by atoms with Gasteiger partial charge in [0.2, 0.25) is 0 Å². The van der Waals surface area contributed by atoms with Gasteiger partial charge in [0.15, 0.2) is 6.61 Å². The molecule has 0 aliphatic carbocycles. The van der Waals surface area contributed by atoms with Gasteiger partial charge in [-0.25, -0.2) is 9.78 Å². The van der Waals surface area contributed by atoms with Crippen LogP contribution in [0.1, 0.15) is 10.4 Å². The molecular formula is C19H11BrClNO2. The molecule has 24 heavy (non-hydrogen) atoms. The van der Waals surface area contributed by atoms with Crippen molar-refractivity contribution in [3.8, 4) is 23.6 Å². The largest absolute Gasteiger partial charge is 0.449 e. The number of halogens is 2. The lowest BCUT2D eigenvalue weighted by Gasteiger charge is -2.10. The Morgan fingerprint density at radius 3 is 2.67 bits per heavy atom. The van der Waals surface area contributed by atoms with Crippen LogP contribution in [0.2, 0.25) is 5.02 Å². The molecule has 0 fully saturated rings. The van der Waals surface area contributed by atoms with Crippen molar-refractivity contribution in [3.63, 3.8) is 0 Å². The van der Waals surface area contributed by atoms with Crippen molar-refractivity contribution in [1.29, 1.82) is 0 Å². The Kier molecular flexibility index (Phi) is 4.84. The molecule has 0 amide bonds. The summed E-state index contributed by atoms with van der Waals surface area (Å²) >= 11 is 9.34. The molecule has 1 heterocycles. The summed E-state index contributed by atoms with van der Waals surface area (Å²) in [7, 11) is 0. The van der Waals surface area contributed by atoms with Gasteiger partial charge in [0, 0.05) is 20.4 Å². The molecule has 1 aromatic heterocycles. The Labute approximate surface area is 152 Å². The molecule has 0 atom stereocenters. The number of nitrogens with zero attached hydrogens (tertiary/aromatic N) is 1. The van der Waals surface area contributed by atoms with Crippen LogP contribution in [0.5, 0.6) is 0 Å². The van der Waals surface area contributed by atoms with Gasteiger partial charge in [-0.3, -0.25) is 0 Å². The van der Waals surface area contributed by atoms with E-state index >= 15 is 0 Å². The maximum absolute atomic E-state index is 12.4. The Morgan fingerprint density at radius 1 is 1.21 bits per heavy atom. The van der Waals surface area contributed by atoms with Crippen LogP contribution >= 0.6 is 27.5 Å². The Hall–Kier alpha value is -2.35. The molecule has 3 nitrogen and oxygen atoms in total. The second kappa shape index (κ2) is 7.04. The lowest BCUT2D eigenvalue weighted by Crippen LogP contribution is -2.07. The SMILES string of the molecule is C#CCOC(=O)c1cc(-c2ccc(Cl)cc2)nc2ccc(Br)cc12. The van der Waals surface area contributed by atoms with E-state index in [9.17, 15) is 4.79 Å². The van der Waals surface area contributed by atoms with Crippen LogP contribution in [-0.2, 0) is 4.74 Å². The number of fused-ring (bicyclic) bond motifs is 1. The number of esters is 1. The van der Waals surface area contributed by atoms with Crippen molar-refractivity contribution >= 4 is 44.4 Å². The fourth-order valence-electron chi connectivity index (χ4n) is 2.32. The minimum Gasteiger partial charge on any atom is -0.449 e. The van der Waals surface area contributed by atoms with E-state index in [1.807, 2.05) is 30.3 Å². The number of benzene rings is 2. The summed E-state index contributed by atoms with van der Waals surface area (Å²) in [5.74, 6) is 1.82. The first kappa shape index (κ1) is 16.5. The van der Waals surface area contributed by atoms with Gasteiger partial charge in [-0.05, 0) is 36.4 Å². The van der Waals surface area contributed by atoms with Gasteiger partial charge < -0.3 is 4.74 Å². The number of terminal acetylenes is 1. The molecule has 0 aliphatic rings. The summed E-state index contributed by atoms with van der Waals surface area (Å²) in [6.07, 6.45) is 5.17. The van der Waals surface area contributed by atoms with E-state index in [4.69, 9.17) is 22.8 Å². The molecule has 0 spiro atoms. The van der Waals surface area contributed by atoms with Crippen molar-refractivity contribution in [2.45, 2.75) is 0 Å². The van der Waals surface area contributed by atoms with E-state index in [1.54, 1.807) is 18.2 Å². The van der Waals surface area contributed by atoms with Crippen molar-refractivity contribution in [2.75, 3.05) is 6.61 Å². The molecule has 3 aromatic rings. The normalized spacial score (nSPS) is 10.4. The number of hydrogen-bond donors (Lipinski definition) is 0. The zero-order valence-corrected chi connectivity index (χ0v) is 14.8. The molecule has 5 heteroatoms. The number of pyridine rings is 1. The Balaban J connectivity index is 2.19. The highest BCUT2D eigenvalue weighted by atomic mass is 79.9. The molecule has 0 saturated carbocycles. The van der Waals surface area contributed by atoms with Crippen LogP contribution in [0.25, 0.3) is 22.2 Å². The van der Waals surface area contributed by atoms with Gasteiger partial charge in [0.25, 0.3) is 0 Å². The van der Waals surface area contributed by atoms with E-state index in [0.717, 1.165) is 10.0 Å². The Morgan fingerprint density at radius 2 is 1.96 bits per heavy atom. The second-order valence-corrected chi connectivity index (χ2v) is 6.36. The summed E-state index contributed by atoms with van der Waals surface area (Å²) in [4.78, 5) is 17.0. The first-order valence-corrected chi connectivity index (χ1v) is 8.22. The van der Waals surface area contributed by atoms with Gasteiger partial charge in [-0.2, -0.15) is 0 Å². The molecule has 0 N–H and O–H groups in total. The van der Waals surface area contributed by atoms with Crippen molar-refractivity contribution in [3.05, 3.63) is 63.6 Å². The third kappa shape index (κ3) is 3.43. The first-order chi connectivity index (χ1) is 11.6. The second-order valence-electron chi connectivity index (χ2n) is 5.00. The maximum Gasteiger partial charge on any atom is 0.339 e. The third-order valence-corrected chi connectivity index (χ3v) is 4.16. The van der Waals surface area contributed by atoms with Crippen molar-refractivity contribution < 1.29 is 9.53 Å². The highest BCUT2D eigenvalue weighted by molar-refractivity contribution is 9.10. The summed E-state index contributed by atoms with van der Waals surface area (Å²) < 4.78 is 5.95. The number of rotatable bonds is 3. The molecule has 0 unspecified atom stereocenters. The first-order valence-electron chi connectivity index (χ1n) is 7.05. The minimum absolute atomic E-state index is 0.0765. The average molecular weight is 401 g/mol. The highest BCUT2D eigenvalue weighted by Crippen LogP contribution is 2.28. The van der Waals surface area contributed by atoms with E-state index in [1.165, 1.54) is 0 Å². The highest BCUT2D eigenvalue weighted by Gasteiger charge is 2.15. The van der Waals surface area contributed by atoms with Crippen LogP contribution < -0.4 is 0 Å². The molecule has 0 saturated heterocycles. The average Bonchev–Trinajstić information content (AvgIpc) is 2.59. The quantitative estimate of drug-likeness (QED) is 0.453. The summed E-state index contributed by atoms with van der Waals surface area (Å²) in [6.45, 7) is -0.0765. The zero-order valence-electron chi connectivity index (χ0n) is 12.4.